The predicted octanol–water partition coefficient (Wildman–Crippen LogP) is 7.10. The highest BCUT2D eigenvalue weighted by atomic mass is 16.8. The zero-order valence-corrected chi connectivity index (χ0v) is 50.5. The fraction of sp³-hybridized carbons (Fsp3) is 0.921. The second-order valence-corrected chi connectivity index (χ2v) is 23.6. The molecular formula is C63H117NO18. The second kappa shape index (κ2) is 46.4. The molecule has 0 aliphatic carbocycles. The number of nitrogens with one attached hydrogen (secondary N) is 1. The lowest BCUT2D eigenvalue weighted by Crippen LogP contribution is -2.66. The van der Waals surface area contributed by atoms with Crippen LogP contribution in [0.4, 0.5) is 0 Å². The molecule has 0 radical (unpaired) electrons. The largest absolute Gasteiger partial charge is 0.394 e. The molecule has 82 heavy (non-hydrogen) atoms. The average Bonchev–Trinajstić information content (AvgIpc) is 3.28. The van der Waals surface area contributed by atoms with Crippen LogP contribution in [0, 0.1) is 0 Å². The number of hydrogen-bond acceptors (Lipinski definition) is 18. The van der Waals surface area contributed by atoms with Crippen molar-refractivity contribution in [3.63, 3.8) is 0 Å². The molecule has 0 spiro atoms. The Morgan fingerprint density at radius 1 is 0.427 bits per heavy atom. The highest BCUT2D eigenvalue weighted by Crippen LogP contribution is 2.33. The van der Waals surface area contributed by atoms with Gasteiger partial charge in [-0.1, -0.05) is 224 Å². The van der Waals surface area contributed by atoms with Crippen LogP contribution in [-0.4, -0.2) is 193 Å². The van der Waals surface area contributed by atoms with Gasteiger partial charge in [0, 0.05) is 6.42 Å². The minimum atomic E-state index is -1.98. The second-order valence-electron chi connectivity index (χ2n) is 23.6. The molecule has 0 saturated carbocycles. The summed E-state index contributed by atoms with van der Waals surface area (Å²) in [6.07, 6.45) is 24.0. The maximum Gasteiger partial charge on any atom is 0.220 e. The molecule has 3 rings (SSSR count). The van der Waals surface area contributed by atoms with Crippen LogP contribution in [-0.2, 0) is 33.2 Å². The van der Waals surface area contributed by atoms with Crippen molar-refractivity contribution < 1.29 is 89.4 Å². The predicted molar refractivity (Wildman–Crippen MR) is 314 cm³/mol. The molecule has 1 amide bonds. The standard InChI is InChI=1S/C63H117NO18/c1-3-5-7-9-11-12-13-14-15-16-17-18-19-20-21-22-23-24-25-26-27-28-29-30-31-32-33-34-35-36-38-40-47(68)46(64-51(69)41-39-37-10-8-6-4-2)45-77-61-57(75)54(72)59(49(43-66)79-61)82-63-58(76)55(73)60(50(44-67)80-63)81-62-56(74)53(71)52(70)48(42-65)78-62/h33-34,38,40,46-50,52-63,65-68,70-76H,3-32,35-37,39,41-45H2,1-2H3,(H,64,69)/b34-33+,40-38+. The fourth-order valence-corrected chi connectivity index (χ4v) is 11.1. The van der Waals surface area contributed by atoms with E-state index in [1.54, 1.807) is 6.08 Å². The van der Waals surface area contributed by atoms with Crippen LogP contribution < -0.4 is 5.32 Å². The Morgan fingerprint density at radius 3 is 1.22 bits per heavy atom. The number of ether oxygens (including phenoxy) is 6. The van der Waals surface area contributed by atoms with Gasteiger partial charge in [-0.15, -0.1) is 0 Å². The van der Waals surface area contributed by atoms with Gasteiger partial charge in [-0.05, 0) is 32.1 Å². The van der Waals surface area contributed by atoms with Crippen LogP contribution >= 0.6 is 0 Å². The monoisotopic (exact) mass is 1180 g/mol. The summed E-state index contributed by atoms with van der Waals surface area (Å²) in [5.41, 5.74) is 0. The summed E-state index contributed by atoms with van der Waals surface area (Å²) >= 11 is 0. The van der Waals surface area contributed by atoms with Crippen LogP contribution in [0.25, 0.3) is 0 Å². The van der Waals surface area contributed by atoms with Crippen LogP contribution in [0.5, 0.6) is 0 Å². The van der Waals surface area contributed by atoms with Gasteiger partial charge in [0.1, 0.15) is 73.2 Å². The first-order valence-electron chi connectivity index (χ1n) is 32.6. The first kappa shape index (κ1) is 74.5. The molecule has 17 unspecified atom stereocenters. The van der Waals surface area contributed by atoms with E-state index < -0.39 is 124 Å². The van der Waals surface area contributed by atoms with E-state index in [2.05, 4.69) is 31.3 Å². The van der Waals surface area contributed by atoms with Crippen LogP contribution in [0.3, 0.4) is 0 Å². The Morgan fingerprint density at radius 2 is 0.780 bits per heavy atom. The molecule has 3 fully saturated rings. The lowest BCUT2D eigenvalue weighted by molar-refractivity contribution is -0.379. The van der Waals surface area contributed by atoms with Crippen molar-refractivity contribution >= 4 is 5.91 Å². The third kappa shape index (κ3) is 29.3. The first-order valence-corrected chi connectivity index (χ1v) is 32.6. The van der Waals surface area contributed by atoms with Gasteiger partial charge in [-0.25, -0.2) is 0 Å². The highest BCUT2D eigenvalue weighted by molar-refractivity contribution is 5.76. The van der Waals surface area contributed by atoms with Gasteiger partial charge in [0.25, 0.3) is 0 Å². The van der Waals surface area contributed by atoms with Gasteiger partial charge < -0.3 is 89.9 Å². The summed E-state index contributed by atoms with van der Waals surface area (Å²) in [5.74, 6) is -0.294. The average molecular weight is 1180 g/mol. The number of unbranched alkanes of at least 4 members (excludes halogenated alkanes) is 31. The number of aliphatic hydroxyl groups excluding tert-OH is 11. The van der Waals surface area contributed by atoms with Gasteiger partial charge in [0.05, 0.1) is 38.6 Å². The van der Waals surface area contributed by atoms with E-state index in [-0.39, 0.29) is 18.9 Å². The van der Waals surface area contributed by atoms with E-state index >= 15 is 0 Å². The summed E-state index contributed by atoms with van der Waals surface area (Å²) in [6, 6.07) is -0.983. The number of amides is 1. The summed E-state index contributed by atoms with van der Waals surface area (Å²) in [6.45, 7) is 1.63. The molecule has 3 saturated heterocycles. The smallest absolute Gasteiger partial charge is 0.220 e. The van der Waals surface area contributed by atoms with E-state index in [1.165, 1.54) is 154 Å². The Bertz CT molecular complexity index is 1590. The van der Waals surface area contributed by atoms with Crippen molar-refractivity contribution in [2.45, 2.75) is 343 Å². The van der Waals surface area contributed by atoms with Crippen LogP contribution in [0.15, 0.2) is 24.3 Å². The third-order valence-electron chi connectivity index (χ3n) is 16.5. The van der Waals surface area contributed by atoms with Crippen molar-refractivity contribution in [1.29, 1.82) is 0 Å². The van der Waals surface area contributed by atoms with Crippen molar-refractivity contribution in [3.8, 4) is 0 Å². The third-order valence-corrected chi connectivity index (χ3v) is 16.5. The Kier molecular flexibility index (Phi) is 42.2. The number of rotatable bonds is 49. The molecule has 12 N–H and O–H groups in total. The number of hydrogen-bond donors (Lipinski definition) is 12. The topological polar surface area (TPSA) is 307 Å². The molecule has 19 nitrogen and oxygen atoms in total. The van der Waals surface area contributed by atoms with Crippen LogP contribution in [0.2, 0.25) is 0 Å². The van der Waals surface area contributed by atoms with E-state index in [0.717, 1.165) is 51.4 Å². The maximum absolute atomic E-state index is 13.1. The highest BCUT2D eigenvalue weighted by Gasteiger charge is 2.53. The normalized spacial score (nSPS) is 29.7. The molecule has 3 aliphatic rings. The van der Waals surface area contributed by atoms with E-state index in [9.17, 15) is 61.0 Å². The van der Waals surface area contributed by atoms with Gasteiger partial charge in [-0.3, -0.25) is 4.79 Å². The van der Waals surface area contributed by atoms with E-state index in [1.807, 2.05) is 6.08 Å². The molecule has 0 aromatic carbocycles. The lowest BCUT2D eigenvalue weighted by Gasteiger charge is -2.48. The van der Waals surface area contributed by atoms with Crippen molar-refractivity contribution in [2.24, 2.45) is 0 Å². The molecule has 0 aromatic rings. The summed E-state index contributed by atoms with van der Waals surface area (Å²) < 4.78 is 34.1. The molecule has 482 valence electrons. The summed E-state index contributed by atoms with van der Waals surface area (Å²) in [4.78, 5) is 13.1. The SMILES string of the molecule is CCCCCCCCCCCCCCCCCCCCCCCCCCC/C=C/CC/C=C/C(O)C(COC1OC(CO)C(OC2OC(CO)C(OC3OC(CO)C(O)C(O)C3O)C(O)C2O)C(O)C1O)NC(=O)CCCCCCCC. The molecular weight excluding hydrogens is 1060 g/mol. The number of carbonyl (C=O) groups excluding carboxylic acids is 1. The van der Waals surface area contributed by atoms with Crippen LogP contribution in [0.1, 0.15) is 239 Å². The zero-order valence-electron chi connectivity index (χ0n) is 50.5. The summed E-state index contributed by atoms with van der Waals surface area (Å²) in [7, 11) is 0. The molecule has 3 heterocycles. The fourth-order valence-electron chi connectivity index (χ4n) is 11.1. The van der Waals surface area contributed by atoms with Gasteiger partial charge in [0.2, 0.25) is 5.91 Å². The Hall–Kier alpha value is -1.73. The van der Waals surface area contributed by atoms with Gasteiger partial charge >= 0.3 is 0 Å². The van der Waals surface area contributed by atoms with Crippen molar-refractivity contribution in [1.82, 2.24) is 5.32 Å². The molecule has 17 atom stereocenters. The molecule has 19 heteroatoms. The maximum atomic E-state index is 13.1. The molecule has 0 aromatic heterocycles. The number of aliphatic hydroxyl groups is 11. The minimum absolute atomic E-state index is 0.234. The van der Waals surface area contributed by atoms with E-state index in [4.69, 9.17) is 28.4 Å². The molecule has 0 bridgehead atoms. The quantitative estimate of drug-likeness (QED) is 0.0213. The lowest BCUT2D eigenvalue weighted by atomic mass is 9.96. The first-order chi connectivity index (χ1) is 39.8. The van der Waals surface area contributed by atoms with Gasteiger partial charge in [-0.2, -0.15) is 0 Å². The van der Waals surface area contributed by atoms with Gasteiger partial charge in [0.15, 0.2) is 18.9 Å². The Labute approximate surface area is 492 Å². The van der Waals surface area contributed by atoms with Crippen molar-refractivity contribution in [2.75, 3.05) is 26.4 Å². The summed E-state index contributed by atoms with van der Waals surface area (Å²) in [5, 5.41) is 120. The number of carbonyl (C=O) groups is 1. The van der Waals surface area contributed by atoms with E-state index in [0.29, 0.717) is 12.8 Å². The Balaban J connectivity index is 1.35. The zero-order chi connectivity index (χ0) is 59.7. The molecule has 3 aliphatic heterocycles. The minimum Gasteiger partial charge on any atom is -0.394 e. The number of allylic oxidation sites excluding steroid dienone is 3. The van der Waals surface area contributed by atoms with Crippen molar-refractivity contribution in [3.05, 3.63) is 24.3 Å².